The quantitative estimate of drug-likeness (QED) is 0.703. The molecule has 1 aliphatic heterocycles. The number of hydrogen-bond donors (Lipinski definition) is 1. The van der Waals surface area contributed by atoms with Gasteiger partial charge in [0.1, 0.15) is 0 Å². The van der Waals surface area contributed by atoms with E-state index in [9.17, 15) is 18.0 Å². The summed E-state index contributed by atoms with van der Waals surface area (Å²) in [6, 6.07) is 6.58. The first kappa shape index (κ1) is 18.5. The van der Waals surface area contributed by atoms with E-state index >= 15 is 0 Å². The molecule has 0 saturated carbocycles. The zero-order valence-corrected chi connectivity index (χ0v) is 15.4. The summed E-state index contributed by atoms with van der Waals surface area (Å²) in [5.41, 5.74) is 1.84. The third-order valence-corrected chi connectivity index (χ3v) is 5.25. The average Bonchev–Trinajstić information content (AvgIpc) is 3.23. The van der Waals surface area contributed by atoms with E-state index in [4.69, 9.17) is 0 Å². The van der Waals surface area contributed by atoms with Crippen LogP contribution in [0.4, 0.5) is 13.2 Å². The zero-order chi connectivity index (χ0) is 20.1. The summed E-state index contributed by atoms with van der Waals surface area (Å²) in [5.74, 6) is 0.0767. The molecule has 4 rings (SSSR count). The van der Waals surface area contributed by atoms with Crippen LogP contribution >= 0.6 is 0 Å². The van der Waals surface area contributed by atoms with Gasteiger partial charge in [-0.2, -0.15) is 18.3 Å². The Balaban J connectivity index is 1.64. The lowest BCUT2D eigenvalue weighted by atomic mass is 9.99. The van der Waals surface area contributed by atoms with Gasteiger partial charge in [0.15, 0.2) is 5.65 Å². The van der Waals surface area contributed by atoms with Crippen molar-refractivity contribution in [2.75, 3.05) is 6.54 Å². The Morgan fingerprint density at radius 1 is 1.25 bits per heavy atom. The van der Waals surface area contributed by atoms with Crippen LogP contribution in [0.15, 0.2) is 36.5 Å². The number of aryl methyl sites for hydroxylation is 1. The molecule has 3 aromatic rings. The van der Waals surface area contributed by atoms with Crippen LogP contribution in [0.25, 0.3) is 11.0 Å². The molecule has 3 heterocycles. The first-order valence-corrected chi connectivity index (χ1v) is 9.03. The average molecular weight is 388 g/mol. The van der Waals surface area contributed by atoms with Crippen LogP contribution in [-0.4, -0.2) is 32.5 Å². The first-order valence-electron chi connectivity index (χ1n) is 9.03. The number of aromatic amines is 1. The highest BCUT2D eigenvalue weighted by Gasteiger charge is 2.36. The number of nitrogens with zero attached hydrogens (tertiary/aromatic N) is 3. The number of amides is 1. The van der Waals surface area contributed by atoms with E-state index in [0.717, 1.165) is 23.2 Å². The van der Waals surface area contributed by atoms with Gasteiger partial charge in [0.05, 0.1) is 22.9 Å². The van der Waals surface area contributed by atoms with Crippen LogP contribution < -0.4 is 0 Å². The Kier molecular flexibility index (Phi) is 4.36. The molecule has 1 saturated heterocycles. The number of hydrogen-bond acceptors (Lipinski definition) is 3. The number of carbonyl (C=O) groups excluding carboxylic acids is 1. The van der Waals surface area contributed by atoms with E-state index in [1.165, 1.54) is 18.3 Å². The highest BCUT2D eigenvalue weighted by molar-refractivity contribution is 5.97. The number of aromatic nitrogens is 3. The van der Waals surface area contributed by atoms with Crippen LogP contribution in [0.5, 0.6) is 0 Å². The highest BCUT2D eigenvalue weighted by atomic mass is 19.4. The molecule has 8 heteroatoms. The number of benzene rings is 1. The predicted molar refractivity (Wildman–Crippen MR) is 97.6 cm³/mol. The third-order valence-electron chi connectivity index (χ3n) is 5.25. The molecular formula is C20H19F3N4O. The maximum Gasteiger partial charge on any atom is 0.416 e. The minimum Gasteiger partial charge on any atom is -0.331 e. The second kappa shape index (κ2) is 6.61. The maximum absolute atomic E-state index is 13.2. The zero-order valence-electron chi connectivity index (χ0n) is 15.4. The van der Waals surface area contributed by atoms with Gasteiger partial charge in [-0.15, -0.1) is 0 Å². The van der Waals surface area contributed by atoms with Crippen LogP contribution in [0.2, 0.25) is 0 Å². The standard InChI is InChI=1S/C20H19F3N4O/c1-11-7-17(13-3-5-15(6-4-13)20(21,22)23)27(10-11)19(28)14-8-16-12(2)25-26-18(16)24-9-14/h3-6,8-9,11,17H,7,10H2,1-2H3,(H,24,25,26). The fourth-order valence-electron chi connectivity index (χ4n) is 3.79. The lowest BCUT2D eigenvalue weighted by Gasteiger charge is -2.25. The molecule has 2 atom stereocenters. The summed E-state index contributed by atoms with van der Waals surface area (Å²) < 4.78 is 38.5. The number of halogens is 3. The Hall–Kier alpha value is -2.90. The topological polar surface area (TPSA) is 61.9 Å². The van der Waals surface area contributed by atoms with Gasteiger partial charge in [-0.05, 0) is 43.0 Å². The molecule has 1 fully saturated rings. The maximum atomic E-state index is 13.2. The van der Waals surface area contributed by atoms with Crippen molar-refractivity contribution in [3.8, 4) is 0 Å². The molecule has 0 bridgehead atoms. The largest absolute Gasteiger partial charge is 0.416 e. The van der Waals surface area contributed by atoms with Crippen LogP contribution in [0, 0.1) is 12.8 Å². The number of alkyl halides is 3. The molecule has 2 aromatic heterocycles. The Labute approximate surface area is 159 Å². The van der Waals surface area contributed by atoms with E-state index in [2.05, 4.69) is 15.2 Å². The normalized spacial score (nSPS) is 20.1. The molecule has 1 aromatic carbocycles. The van der Waals surface area contributed by atoms with E-state index < -0.39 is 11.7 Å². The monoisotopic (exact) mass is 388 g/mol. The molecule has 0 aliphatic carbocycles. The van der Waals surface area contributed by atoms with Crippen molar-refractivity contribution >= 4 is 16.9 Å². The van der Waals surface area contributed by atoms with Crippen molar-refractivity contribution < 1.29 is 18.0 Å². The molecule has 146 valence electrons. The number of nitrogens with one attached hydrogen (secondary N) is 1. The minimum atomic E-state index is -4.37. The van der Waals surface area contributed by atoms with Crippen molar-refractivity contribution in [2.24, 2.45) is 5.92 Å². The smallest absolute Gasteiger partial charge is 0.331 e. The first-order chi connectivity index (χ1) is 13.2. The van der Waals surface area contributed by atoms with Gasteiger partial charge in [0.25, 0.3) is 5.91 Å². The number of carbonyl (C=O) groups is 1. The summed E-state index contributed by atoms with van der Waals surface area (Å²) >= 11 is 0. The fraction of sp³-hybridized carbons (Fsp3) is 0.350. The van der Waals surface area contributed by atoms with Gasteiger partial charge < -0.3 is 4.90 Å². The SMILES string of the molecule is Cc1n[nH]c2ncc(C(=O)N3CC(C)CC3c3ccc(C(F)(F)F)cc3)cc12. The minimum absolute atomic E-state index is 0.177. The molecule has 2 unspecified atom stereocenters. The van der Waals surface area contributed by atoms with Gasteiger partial charge >= 0.3 is 6.18 Å². The van der Waals surface area contributed by atoms with Gasteiger partial charge in [-0.1, -0.05) is 19.1 Å². The lowest BCUT2D eigenvalue weighted by molar-refractivity contribution is -0.137. The van der Waals surface area contributed by atoms with Crippen molar-refractivity contribution in [1.82, 2.24) is 20.1 Å². The van der Waals surface area contributed by atoms with E-state index in [0.29, 0.717) is 29.7 Å². The fourth-order valence-corrected chi connectivity index (χ4v) is 3.79. The lowest BCUT2D eigenvalue weighted by Crippen LogP contribution is -2.31. The number of pyridine rings is 1. The summed E-state index contributed by atoms with van der Waals surface area (Å²) in [6.07, 6.45) is -2.16. The molecule has 1 N–H and O–H groups in total. The summed E-state index contributed by atoms with van der Waals surface area (Å²) in [7, 11) is 0. The molecule has 0 spiro atoms. The van der Waals surface area contributed by atoms with Gasteiger partial charge in [-0.25, -0.2) is 4.98 Å². The Morgan fingerprint density at radius 2 is 1.96 bits per heavy atom. The van der Waals surface area contributed by atoms with Gasteiger partial charge in [-0.3, -0.25) is 9.89 Å². The van der Waals surface area contributed by atoms with Crippen molar-refractivity contribution in [1.29, 1.82) is 0 Å². The van der Waals surface area contributed by atoms with Gasteiger partial charge in [0.2, 0.25) is 0 Å². The highest BCUT2D eigenvalue weighted by Crippen LogP contribution is 2.38. The number of likely N-dealkylation sites (tertiary alicyclic amines) is 1. The second-order valence-electron chi connectivity index (χ2n) is 7.36. The predicted octanol–water partition coefficient (Wildman–Crippen LogP) is 4.51. The third kappa shape index (κ3) is 3.23. The van der Waals surface area contributed by atoms with Crippen LogP contribution in [0.1, 0.15) is 46.6 Å². The molecule has 0 radical (unpaired) electrons. The number of fused-ring (bicyclic) bond motifs is 1. The van der Waals surface area contributed by atoms with Gasteiger partial charge in [0, 0.05) is 18.1 Å². The molecule has 28 heavy (non-hydrogen) atoms. The number of H-pyrrole nitrogens is 1. The molecular weight excluding hydrogens is 369 g/mol. The van der Waals surface area contributed by atoms with Crippen LogP contribution in [0.3, 0.4) is 0 Å². The Morgan fingerprint density at radius 3 is 2.64 bits per heavy atom. The molecule has 5 nitrogen and oxygen atoms in total. The summed E-state index contributed by atoms with van der Waals surface area (Å²) in [4.78, 5) is 19.1. The number of rotatable bonds is 2. The van der Waals surface area contributed by atoms with Crippen molar-refractivity contribution in [2.45, 2.75) is 32.5 Å². The van der Waals surface area contributed by atoms with E-state index in [-0.39, 0.29) is 17.9 Å². The van der Waals surface area contributed by atoms with Crippen molar-refractivity contribution in [3.63, 3.8) is 0 Å². The van der Waals surface area contributed by atoms with Crippen molar-refractivity contribution in [3.05, 3.63) is 58.9 Å². The van der Waals surface area contributed by atoms with E-state index in [1.807, 2.05) is 13.8 Å². The second-order valence-corrected chi connectivity index (χ2v) is 7.36. The summed E-state index contributed by atoms with van der Waals surface area (Å²) in [5, 5.41) is 7.68. The Bertz CT molecular complexity index is 1030. The molecule has 1 aliphatic rings. The van der Waals surface area contributed by atoms with Crippen LogP contribution in [-0.2, 0) is 6.18 Å². The summed E-state index contributed by atoms with van der Waals surface area (Å²) in [6.45, 7) is 4.41. The molecule has 1 amide bonds. The van der Waals surface area contributed by atoms with E-state index in [1.54, 1.807) is 11.0 Å².